The van der Waals surface area contributed by atoms with E-state index in [4.69, 9.17) is 9.88 Å². The molecule has 0 spiro atoms. The number of benzene rings is 1. The van der Waals surface area contributed by atoms with Gasteiger partial charge in [-0.05, 0) is 48.9 Å². The van der Waals surface area contributed by atoms with E-state index in [1.54, 1.807) is 12.1 Å². The minimum absolute atomic E-state index is 0.131. The number of nitrogens with two attached hydrogens (primary N) is 1. The van der Waals surface area contributed by atoms with Gasteiger partial charge in [-0.3, -0.25) is 0 Å². The van der Waals surface area contributed by atoms with Gasteiger partial charge in [-0.25, -0.2) is 13.6 Å². The van der Waals surface area contributed by atoms with Crippen LogP contribution in [0.5, 0.6) is 5.75 Å². The summed E-state index contributed by atoms with van der Waals surface area (Å²) in [5, 5.41) is 5.18. The molecular weight excluding hydrogens is 274 g/mol. The summed E-state index contributed by atoms with van der Waals surface area (Å²) in [5.74, 6) is 0.946. The van der Waals surface area contributed by atoms with Crippen LogP contribution in [-0.4, -0.2) is 15.0 Å². The Morgan fingerprint density at radius 3 is 2.70 bits per heavy atom. The fraction of sp³-hybridized carbons (Fsp3) is 0.467. The van der Waals surface area contributed by atoms with Crippen molar-refractivity contribution in [2.24, 2.45) is 5.14 Å². The third-order valence-corrected chi connectivity index (χ3v) is 4.17. The summed E-state index contributed by atoms with van der Waals surface area (Å²) >= 11 is 0. The Kier molecular flexibility index (Phi) is 6.23. The third-order valence-electron chi connectivity index (χ3n) is 3.26. The molecule has 2 N–H and O–H groups in total. The minimum Gasteiger partial charge on any atom is -0.493 e. The van der Waals surface area contributed by atoms with Gasteiger partial charge in [0.1, 0.15) is 5.75 Å². The summed E-state index contributed by atoms with van der Waals surface area (Å²) in [7, 11) is -3.68. The van der Waals surface area contributed by atoms with Gasteiger partial charge in [-0.1, -0.05) is 19.9 Å². The molecule has 0 aliphatic carbocycles. The van der Waals surface area contributed by atoms with E-state index in [0.29, 0.717) is 6.61 Å². The maximum atomic E-state index is 11.4. The molecule has 1 unspecified atom stereocenters. The Balaban J connectivity index is 3.01. The van der Waals surface area contributed by atoms with Crippen LogP contribution < -0.4 is 9.88 Å². The first-order chi connectivity index (χ1) is 9.40. The van der Waals surface area contributed by atoms with Crippen molar-refractivity contribution in [1.82, 2.24) is 0 Å². The van der Waals surface area contributed by atoms with E-state index in [2.05, 4.69) is 13.5 Å². The van der Waals surface area contributed by atoms with Crippen molar-refractivity contribution >= 4 is 10.0 Å². The van der Waals surface area contributed by atoms with Crippen molar-refractivity contribution in [2.75, 3.05) is 6.61 Å². The first-order valence-corrected chi connectivity index (χ1v) is 8.35. The smallest absolute Gasteiger partial charge is 0.238 e. The molecule has 1 rings (SSSR count). The Morgan fingerprint density at radius 1 is 1.45 bits per heavy atom. The summed E-state index contributed by atoms with van der Waals surface area (Å²) < 4.78 is 28.6. The van der Waals surface area contributed by atoms with E-state index in [1.165, 1.54) is 6.07 Å². The van der Waals surface area contributed by atoms with Crippen molar-refractivity contribution in [1.29, 1.82) is 0 Å². The molecule has 4 nitrogen and oxygen atoms in total. The van der Waals surface area contributed by atoms with Crippen molar-refractivity contribution in [3.63, 3.8) is 0 Å². The maximum absolute atomic E-state index is 11.4. The van der Waals surface area contributed by atoms with E-state index in [0.717, 1.165) is 30.6 Å². The third kappa shape index (κ3) is 4.65. The van der Waals surface area contributed by atoms with Crippen LogP contribution in [0.2, 0.25) is 0 Å². The molecule has 0 amide bonds. The van der Waals surface area contributed by atoms with E-state index in [9.17, 15) is 8.42 Å². The predicted molar refractivity (Wildman–Crippen MR) is 81.4 cm³/mol. The number of unbranched alkanes of at least 4 members (excludes halogenated alkanes) is 1. The van der Waals surface area contributed by atoms with Gasteiger partial charge in [0, 0.05) is 0 Å². The molecular formula is C15H23NO3S. The van der Waals surface area contributed by atoms with Gasteiger partial charge in [0.15, 0.2) is 0 Å². The number of sulfonamides is 1. The first kappa shape index (κ1) is 16.7. The highest BCUT2D eigenvalue weighted by Crippen LogP contribution is 2.31. The Hall–Kier alpha value is -1.33. The Labute approximate surface area is 121 Å². The van der Waals surface area contributed by atoms with E-state index >= 15 is 0 Å². The molecule has 1 aromatic carbocycles. The highest BCUT2D eigenvalue weighted by Gasteiger charge is 2.15. The lowest BCUT2D eigenvalue weighted by Gasteiger charge is -2.16. The van der Waals surface area contributed by atoms with Gasteiger partial charge in [-0.15, -0.1) is 6.58 Å². The SMILES string of the molecule is C=CCCCOc1ccc(S(N)(=O)=O)cc1C(C)CC. The zero-order chi connectivity index (χ0) is 15.2. The lowest BCUT2D eigenvalue weighted by Crippen LogP contribution is -2.13. The molecule has 0 radical (unpaired) electrons. The Bertz CT molecular complexity index is 552. The second kappa shape index (κ2) is 7.45. The van der Waals surface area contributed by atoms with E-state index < -0.39 is 10.0 Å². The highest BCUT2D eigenvalue weighted by atomic mass is 32.2. The molecule has 0 saturated carbocycles. The zero-order valence-corrected chi connectivity index (χ0v) is 12.9. The largest absolute Gasteiger partial charge is 0.493 e. The molecule has 112 valence electrons. The van der Waals surface area contributed by atoms with Crippen LogP contribution in [0.25, 0.3) is 0 Å². The van der Waals surface area contributed by atoms with Crippen LogP contribution in [-0.2, 0) is 10.0 Å². The van der Waals surface area contributed by atoms with Crippen LogP contribution in [0.1, 0.15) is 44.6 Å². The lowest BCUT2D eigenvalue weighted by molar-refractivity contribution is 0.307. The molecule has 1 aromatic rings. The average molecular weight is 297 g/mol. The number of primary sulfonamides is 1. The van der Waals surface area contributed by atoms with Crippen molar-refractivity contribution < 1.29 is 13.2 Å². The molecule has 0 fully saturated rings. The van der Waals surface area contributed by atoms with Crippen LogP contribution >= 0.6 is 0 Å². The van der Waals surface area contributed by atoms with Gasteiger partial charge >= 0.3 is 0 Å². The quantitative estimate of drug-likeness (QED) is 0.592. The van der Waals surface area contributed by atoms with Gasteiger partial charge < -0.3 is 4.74 Å². The van der Waals surface area contributed by atoms with E-state index in [1.807, 2.05) is 13.0 Å². The fourth-order valence-corrected chi connectivity index (χ4v) is 2.40. The van der Waals surface area contributed by atoms with Crippen LogP contribution in [0.4, 0.5) is 0 Å². The van der Waals surface area contributed by atoms with Crippen molar-refractivity contribution in [3.8, 4) is 5.75 Å². The van der Waals surface area contributed by atoms with Crippen LogP contribution in [0.15, 0.2) is 35.7 Å². The summed E-state index contributed by atoms with van der Waals surface area (Å²) in [6, 6.07) is 4.80. The lowest BCUT2D eigenvalue weighted by atomic mass is 9.98. The van der Waals surface area contributed by atoms with Gasteiger partial charge in [-0.2, -0.15) is 0 Å². The summed E-state index contributed by atoms with van der Waals surface area (Å²) in [5.41, 5.74) is 0.887. The number of allylic oxidation sites excluding steroid dienone is 1. The number of hydrogen-bond acceptors (Lipinski definition) is 3. The second-order valence-corrected chi connectivity index (χ2v) is 6.39. The van der Waals surface area contributed by atoms with Gasteiger partial charge in [0.05, 0.1) is 11.5 Å². The topological polar surface area (TPSA) is 69.4 Å². The Morgan fingerprint density at radius 2 is 2.15 bits per heavy atom. The summed E-state index contributed by atoms with van der Waals surface area (Å²) in [4.78, 5) is 0.131. The number of hydrogen-bond donors (Lipinski definition) is 1. The second-order valence-electron chi connectivity index (χ2n) is 4.83. The predicted octanol–water partition coefficient (Wildman–Crippen LogP) is 3.19. The van der Waals surface area contributed by atoms with Crippen molar-refractivity contribution in [3.05, 3.63) is 36.4 Å². The molecule has 0 saturated heterocycles. The molecule has 5 heteroatoms. The van der Waals surface area contributed by atoms with Gasteiger partial charge in [0.2, 0.25) is 10.0 Å². The number of rotatable bonds is 8. The maximum Gasteiger partial charge on any atom is 0.238 e. The van der Waals surface area contributed by atoms with E-state index in [-0.39, 0.29) is 10.8 Å². The molecule has 0 aromatic heterocycles. The summed E-state index contributed by atoms with van der Waals surface area (Å²) in [6.07, 6.45) is 4.54. The van der Waals surface area contributed by atoms with Gasteiger partial charge in [0.25, 0.3) is 0 Å². The van der Waals surface area contributed by atoms with Crippen LogP contribution in [0.3, 0.4) is 0 Å². The van der Waals surface area contributed by atoms with Crippen LogP contribution in [0, 0.1) is 0 Å². The highest BCUT2D eigenvalue weighted by molar-refractivity contribution is 7.89. The first-order valence-electron chi connectivity index (χ1n) is 6.80. The molecule has 0 bridgehead atoms. The standard InChI is InChI=1S/C15H23NO3S/c1-4-6-7-10-19-15-9-8-13(20(16,17)18)11-14(15)12(3)5-2/h4,8-9,11-12H,1,5-7,10H2,2-3H3,(H2,16,17,18). The monoisotopic (exact) mass is 297 g/mol. The molecule has 1 atom stereocenters. The number of ether oxygens (including phenoxy) is 1. The minimum atomic E-state index is -3.68. The fourth-order valence-electron chi connectivity index (χ4n) is 1.85. The molecule has 20 heavy (non-hydrogen) atoms. The zero-order valence-electron chi connectivity index (χ0n) is 12.1. The van der Waals surface area contributed by atoms with Crippen molar-refractivity contribution in [2.45, 2.75) is 43.9 Å². The molecule has 0 aliphatic heterocycles. The molecule has 0 aliphatic rings. The molecule has 0 heterocycles. The summed E-state index contributed by atoms with van der Waals surface area (Å²) in [6.45, 7) is 8.35. The average Bonchev–Trinajstić information content (AvgIpc) is 2.41. The normalized spacial score (nSPS) is 12.9.